The molecule has 0 amide bonds. The molecule has 4 heteroatoms. The Morgan fingerprint density at radius 1 is 0.938 bits per heavy atom. The van der Waals surface area contributed by atoms with E-state index < -0.39 is 0 Å². The molecule has 0 fully saturated rings. The summed E-state index contributed by atoms with van der Waals surface area (Å²) in [6, 6.07) is 29.3. The lowest BCUT2D eigenvalue weighted by Gasteiger charge is -2.22. The molecular formula is C28H25N3O. The number of nitrogens with zero attached hydrogens (tertiary/aromatic N) is 3. The van der Waals surface area contributed by atoms with Gasteiger partial charge < -0.3 is 9.64 Å². The molecule has 1 aromatic heterocycles. The topological polar surface area (TPSA) is 49.2 Å². The van der Waals surface area contributed by atoms with Crippen molar-refractivity contribution in [1.82, 2.24) is 4.98 Å². The SMILES string of the molecule is N#CCCc1cccc2c1N(Cc1ccc(OCc3ccc4ccccc4n3)cc1)CC2. The number of rotatable bonds is 7. The Morgan fingerprint density at radius 2 is 1.81 bits per heavy atom. The molecule has 1 aliphatic rings. The van der Waals surface area contributed by atoms with Crippen molar-refractivity contribution in [3.8, 4) is 11.8 Å². The number of hydrogen-bond acceptors (Lipinski definition) is 4. The van der Waals surface area contributed by atoms with Crippen LogP contribution in [-0.4, -0.2) is 11.5 Å². The first kappa shape index (κ1) is 20.1. The summed E-state index contributed by atoms with van der Waals surface area (Å²) in [7, 11) is 0. The predicted octanol–water partition coefficient (Wildman–Crippen LogP) is 5.83. The maximum atomic E-state index is 8.99. The van der Waals surface area contributed by atoms with Crippen molar-refractivity contribution >= 4 is 16.6 Å². The number of para-hydroxylation sites is 2. The summed E-state index contributed by atoms with van der Waals surface area (Å²) in [6.07, 6.45) is 2.43. The summed E-state index contributed by atoms with van der Waals surface area (Å²) in [5.41, 5.74) is 7.16. The van der Waals surface area contributed by atoms with E-state index in [4.69, 9.17) is 10.00 Å². The minimum Gasteiger partial charge on any atom is -0.487 e. The van der Waals surface area contributed by atoms with Gasteiger partial charge in [-0.05, 0) is 53.8 Å². The lowest BCUT2D eigenvalue weighted by molar-refractivity contribution is 0.301. The third-order valence-electron chi connectivity index (χ3n) is 6.02. The van der Waals surface area contributed by atoms with Gasteiger partial charge in [-0.1, -0.05) is 54.6 Å². The summed E-state index contributed by atoms with van der Waals surface area (Å²) in [5.74, 6) is 0.847. The van der Waals surface area contributed by atoms with Crippen LogP contribution in [0.5, 0.6) is 5.75 Å². The summed E-state index contributed by atoms with van der Waals surface area (Å²) >= 11 is 0. The number of nitriles is 1. The van der Waals surface area contributed by atoms with Gasteiger partial charge in [0.2, 0.25) is 0 Å². The Balaban J connectivity index is 1.24. The molecule has 0 N–H and O–H groups in total. The summed E-state index contributed by atoms with van der Waals surface area (Å²) < 4.78 is 5.98. The van der Waals surface area contributed by atoms with Crippen molar-refractivity contribution in [2.75, 3.05) is 11.4 Å². The van der Waals surface area contributed by atoms with Crippen molar-refractivity contribution in [2.45, 2.75) is 32.4 Å². The first-order chi connectivity index (χ1) is 15.8. The first-order valence-corrected chi connectivity index (χ1v) is 11.1. The van der Waals surface area contributed by atoms with E-state index in [1.807, 2.05) is 36.4 Å². The fourth-order valence-corrected chi connectivity index (χ4v) is 4.43. The average Bonchev–Trinajstić information content (AvgIpc) is 3.25. The predicted molar refractivity (Wildman–Crippen MR) is 128 cm³/mol. The van der Waals surface area contributed by atoms with Crippen LogP contribution in [-0.2, 0) is 26.0 Å². The van der Waals surface area contributed by atoms with Crippen LogP contribution in [0.4, 0.5) is 5.69 Å². The van der Waals surface area contributed by atoms with Crippen LogP contribution in [0.3, 0.4) is 0 Å². The molecule has 0 radical (unpaired) electrons. The van der Waals surface area contributed by atoms with Gasteiger partial charge in [0.1, 0.15) is 12.4 Å². The highest BCUT2D eigenvalue weighted by Crippen LogP contribution is 2.34. The zero-order valence-corrected chi connectivity index (χ0v) is 18.0. The van der Waals surface area contributed by atoms with Gasteiger partial charge in [-0.15, -0.1) is 0 Å². The van der Waals surface area contributed by atoms with Crippen LogP contribution in [0.2, 0.25) is 0 Å². The fourth-order valence-electron chi connectivity index (χ4n) is 4.43. The van der Waals surface area contributed by atoms with Gasteiger partial charge in [-0.3, -0.25) is 0 Å². The molecule has 32 heavy (non-hydrogen) atoms. The summed E-state index contributed by atoms with van der Waals surface area (Å²) in [6.45, 7) is 2.33. The highest BCUT2D eigenvalue weighted by atomic mass is 16.5. The average molecular weight is 420 g/mol. The van der Waals surface area contributed by atoms with Crippen molar-refractivity contribution in [3.63, 3.8) is 0 Å². The fraction of sp³-hybridized carbons (Fsp3) is 0.214. The number of benzene rings is 3. The van der Waals surface area contributed by atoms with Gasteiger partial charge in [0, 0.05) is 30.6 Å². The monoisotopic (exact) mass is 419 g/mol. The normalized spacial score (nSPS) is 12.5. The molecular weight excluding hydrogens is 394 g/mol. The largest absolute Gasteiger partial charge is 0.487 e. The molecule has 0 spiro atoms. The second-order valence-corrected chi connectivity index (χ2v) is 8.18. The Kier molecular flexibility index (Phi) is 5.72. The Morgan fingerprint density at radius 3 is 2.69 bits per heavy atom. The number of hydrogen-bond donors (Lipinski definition) is 0. The second-order valence-electron chi connectivity index (χ2n) is 8.18. The van der Waals surface area contributed by atoms with E-state index in [0.717, 1.165) is 48.3 Å². The van der Waals surface area contributed by atoms with E-state index in [1.165, 1.54) is 22.4 Å². The third kappa shape index (κ3) is 4.29. The Labute approximate surface area is 188 Å². The van der Waals surface area contributed by atoms with E-state index in [2.05, 4.69) is 58.4 Å². The first-order valence-electron chi connectivity index (χ1n) is 11.1. The van der Waals surface area contributed by atoms with E-state index in [0.29, 0.717) is 13.0 Å². The molecule has 0 bridgehead atoms. The molecule has 4 nitrogen and oxygen atoms in total. The lowest BCUT2D eigenvalue weighted by Crippen LogP contribution is -2.20. The third-order valence-corrected chi connectivity index (χ3v) is 6.02. The molecule has 3 aromatic carbocycles. The van der Waals surface area contributed by atoms with E-state index in [9.17, 15) is 0 Å². The number of aryl methyl sites for hydroxylation is 1. The van der Waals surface area contributed by atoms with Crippen LogP contribution < -0.4 is 9.64 Å². The highest BCUT2D eigenvalue weighted by Gasteiger charge is 2.22. The van der Waals surface area contributed by atoms with Crippen LogP contribution >= 0.6 is 0 Å². The minimum absolute atomic E-state index is 0.450. The Hall–Kier alpha value is -3.84. The highest BCUT2D eigenvalue weighted by molar-refractivity contribution is 5.78. The molecule has 0 saturated heterocycles. The van der Waals surface area contributed by atoms with E-state index >= 15 is 0 Å². The number of aromatic nitrogens is 1. The quantitative estimate of drug-likeness (QED) is 0.378. The van der Waals surface area contributed by atoms with E-state index in [1.54, 1.807) is 0 Å². The van der Waals surface area contributed by atoms with Crippen molar-refractivity contribution in [1.29, 1.82) is 5.26 Å². The van der Waals surface area contributed by atoms with Crippen molar-refractivity contribution < 1.29 is 4.74 Å². The van der Waals surface area contributed by atoms with Crippen LogP contribution in [0.25, 0.3) is 10.9 Å². The van der Waals surface area contributed by atoms with Crippen molar-refractivity contribution in [2.24, 2.45) is 0 Å². The van der Waals surface area contributed by atoms with Crippen molar-refractivity contribution in [3.05, 3.63) is 101 Å². The van der Waals surface area contributed by atoms with Gasteiger partial charge in [0.05, 0.1) is 17.3 Å². The van der Waals surface area contributed by atoms with Crippen LogP contribution in [0, 0.1) is 11.3 Å². The molecule has 158 valence electrons. The van der Waals surface area contributed by atoms with Crippen LogP contribution in [0.15, 0.2) is 78.9 Å². The minimum atomic E-state index is 0.450. The van der Waals surface area contributed by atoms with Gasteiger partial charge in [-0.2, -0.15) is 5.26 Å². The number of pyridine rings is 1. The van der Waals surface area contributed by atoms with Gasteiger partial charge in [0.15, 0.2) is 0 Å². The summed E-state index contributed by atoms with van der Waals surface area (Å²) in [4.78, 5) is 7.12. The molecule has 0 unspecified atom stereocenters. The lowest BCUT2D eigenvalue weighted by atomic mass is 10.0. The molecule has 0 aliphatic carbocycles. The standard InChI is InChI=1S/C28H25N3O/c29-17-4-8-23-6-3-7-24-16-18-31(28(23)24)19-21-10-14-26(15-11-21)32-20-25-13-12-22-5-1-2-9-27(22)30-25/h1-3,5-7,9-15H,4,8,16,18-20H2. The number of anilines is 1. The summed E-state index contributed by atoms with van der Waals surface area (Å²) in [5, 5.41) is 10.1. The zero-order chi connectivity index (χ0) is 21.8. The molecule has 2 heterocycles. The molecule has 4 aromatic rings. The van der Waals surface area contributed by atoms with Gasteiger partial charge >= 0.3 is 0 Å². The number of ether oxygens (including phenoxy) is 1. The maximum absolute atomic E-state index is 8.99. The molecule has 1 aliphatic heterocycles. The van der Waals surface area contributed by atoms with Gasteiger partial charge in [0.25, 0.3) is 0 Å². The second kappa shape index (κ2) is 9.11. The van der Waals surface area contributed by atoms with Crippen LogP contribution in [0.1, 0.15) is 28.8 Å². The van der Waals surface area contributed by atoms with E-state index in [-0.39, 0.29) is 0 Å². The number of fused-ring (bicyclic) bond motifs is 2. The van der Waals surface area contributed by atoms with Gasteiger partial charge in [-0.25, -0.2) is 4.98 Å². The zero-order valence-electron chi connectivity index (χ0n) is 18.0. The smallest absolute Gasteiger partial charge is 0.130 e. The Bertz CT molecular complexity index is 1270. The molecule has 5 rings (SSSR count). The maximum Gasteiger partial charge on any atom is 0.130 e. The molecule has 0 atom stereocenters. The molecule has 0 saturated carbocycles.